The number of amides is 1. The van der Waals surface area contributed by atoms with Crippen molar-refractivity contribution in [1.82, 2.24) is 19.4 Å². The van der Waals surface area contributed by atoms with Gasteiger partial charge in [0.1, 0.15) is 17.3 Å². The van der Waals surface area contributed by atoms with Crippen molar-refractivity contribution in [1.29, 1.82) is 0 Å². The fourth-order valence-electron chi connectivity index (χ4n) is 5.54. The normalized spacial score (nSPS) is 21.4. The molecule has 3 aromatic rings. The van der Waals surface area contributed by atoms with E-state index in [4.69, 9.17) is 9.15 Å². The summed E-state index contributed by atoms with van der Waals surface area (Å²) in [5.74, 6) is 3.42. The summed E-state index contributed by atoms with van der Waals surface area (Å²) < 4.78 is 55.1. The highest BCUT2D eigenvalue weighted by molar-refractivity contribution is 5.70. The first-order valence-electron chi connectivity index (χ1n) is 13.1. The SMILES string of the molecule is Cc1ccc(C(C)CCN2CC3C(C2)C3CN(Cc2cccc(OC(F)(F)F)c2)C(=O)Oc2cn(C)cn2)o1. The molecule has 3 unspecified atom stereocenters. The summed E-state index contributed by atoms with van der Waals surface area (Å²) in [4.78, 5) is 21.2. The highest BCUT2D eigenvalue weighted by Gasteiger charge is 2.56. The van der Waals surface area contributed by atoms with E-state index >= 15 is 0 Å². The molecular weight excluding hydrogens is 513 g/mol. The lowest BCUT2D eigenvalue weighted by molar-refractivity contribution is -0.274. The number of halogens is 3. The minimum absolute atomic E-state index is 0.0977. The predicted octanol–water partition coefficient (Wildman–Crippen LogP) is 5.59. The van der Waals surface area contributed by atoms with Crippen molar-refractivity contribution in [2.75, 3.05) is 26.2 Å². The van der Waals surface area contributed by atoms with E-state index in [-0.39, 0.29) is 18.2 Å². The number of carbonyl (C=O) groups is 1. The molecule has 0 spiro atoms. The number of rotatable bonds is 10. The van der Waals surface area contributed by atoms with Gasteiger partial charge in [-0.15, -0.1) is 13.2 Å². The molecule has 39 heavy (non-hydrogen) atoms. The first-order valence-corrected chi connectivity index (χ1v) is 13.1. The average molecular weight is 547 g/mol. The van der Waals surface area contributed by atoms with Gasteiger partial charge in [0.25, 0.3) is 0 Å². The number of nitrogens with zero attached hydrogens (tertiary/aromatic N) is 4. The molecule has 0 N–H and O–H groups in total. The van der Waals surface area contributed by atoms with Crippen molar-refractivity contribution in [3.8, 4) is 11.6 Å². The Morgan fingerprint density at radius 2 is 2.00 bits per heavy atom. The molecule has 210 valence electrons. The Hall–Kier alpha value is -3.47. The van der Waals surface area contributed by atoms with Gasteiger partial charge in [-0.25, -0.2) is 9.78 Å². The summed E-state index contributed by atoms with van der Waals surface area (Å²) >= 11 is 0. The smallest absolute Gasteiger partial charge is 0.466 e. The van der Waals surface area contributed by atoms with Crippen LogP contribution < -0.4 is 9.47 Å². The monoisotopic (exact) mass is 546 g/mol. The number of alkyl halides is 3. The number of aromatic nitrogens is 2. The van der Waals surface area contributed by atoms with Crippen molar-refractivity contribution in [3.63, 3.8) is 0 Å². The quantitative estimate of drug-likeness (QED) is 0.330. The van der Waals surface area contributed by atoms with Crippen molar-refractivity contribution in [2.24, 2.45) is 24.8 Å². The Bertz CT molecular complexity index is 1280. The number of imidazole rings is 1. The third kappa shape index (κ3) is 6.95. The molecule has 1 aromatic carbocycles. The van der Waals surface area contributed by atoms with Gasteiger partial charge in [-0.2, -0.15) is 0 Å². The number of benzene rings is 1. The van der Waals surface area contributed by atoms with Gasteiger partial charge in [-0.3, -0.25) is 0 Å². The predicted molar refractivity (Wildman–Crippen MR) is 136 cm³/mol. The highest BCUT2D eigenvalue weighted by Crippen LogP contribution is 2.52. The zero-order chi connectivity index (χ0) is 27.7. The van der Waals surface area contributed by atoms with E-state index in [0.29, 0.717) is 35.8 Å². The van der Waals surface area contributed by atoms with Gasteiger partial charge >= 0.3 is 12.5 Å². The summed E-state index contributed by atoms with van der Waals surface area (Å²) in [6.45, 7) is 7.61. The van der Waals surface area contributed by atoms with Gasteiger partial charge in [-0.1, -0.05) is 19.1 Å². The minimum Gasteiger partial charge on any atom is -0.466 e. The molecule has 11 heteroatoms. The van der Waals surface area contributed by atoms with Crippen LogP contribution in [0.5, 0.6) is 11.6 Å². The van der Waals surface area contributed by atoms with E-state index in [9.17, 15) is 18.0 Å². The number of ether oxygens (including phenoxy) is 2. The molecule has 5 rings (SSSR count). The number of carbonyl (C=O) groups excluding carboxylic acids is 1. The number of piperidine rings is 1. The van der Waals surface area contributed by atoms with E-state index < -0.39 is 12.5 Å². The molecule has 0 radical (unpaired) electrons. The summed E-state index contributed by atoms with van der Waals surface area (Å²) in [6.07, 6.45) is -1.25. The molecule has 2 fully saturated rings. The molecule has 2 aromatic heterocycles. The lowest BCUT2D eigenvalue weighted by Gasteiger charge is -2.25. The lowest BCUT2D eigenvalue weighted by atomic mass is 10.0. The fourth-order valence-corrected chi connectivity index (χ4v) is 5.54. The van der Waals surface area contributed by atoms with Crippen LogP contribution in [0.2, 0.25) is 0 Å². The molecule has 1 saturated heterocycles. The van der Waals surface area contributed by atoms with Crippen molar-refractivity contribution in [2.45, 2.75) is 39.1 Å². The Morgan fingerprint density at radius 3 is 2.64 bits per heavy atom. The molecule has 3 heterocycles. The van der Waals surface area contributed by atoms with Gasteiger partial charge in [0.2, 0.25) is 5.88 Å². The molecule has 1 aliphatic heterocycles. The second kappa shape index (κ2) is 11.0. The van der Waals surface area contributed by atoms with Gasteiger partial charge < -0.3 is 28.3 Å². The third-order valence-electron chi connectivity index (χ3n) is 7.64. The summed E-state index contributed by atoms with van der Waals surface area (Å²) in [5.41, 5.74) is 0.518. The van der Waals surface area contributed by atoms with Gasteiger partial charge in [0.05, 0.1) is 12.5 Å². The maximum atomic E-state index is 13.1. The molecule has 8 nitrogen and oxygen atoms in total. The Kier molecular flexibility index (Phi) is 7.61. The molecule has 0 bridgehead atoms. The summed E-state index contributed by atoms with van der Waals surface area (Å²) in [7, 11) is 1.77. The number of fused-ring (bicyclic) bond motifs is 1. The molecule has 1 saturated carbocycles. The van der Waals surface area contributed by atoms with Crippen molar-refractivity contribution >= 4 is 6.09 Å². The zero-order valence-corrected chi connectivity index (χ0v) is 22.2. The highest BCUT2D eigenvalue weighted by atomic mass is 19.4. The summed E-state index contributed by atoms with van der Waals surface area (Å²) in [6, 6.07) is 9.72. The van der Waals surface area contributed by atoms with Crippen LogP contribution >= 0.6 is 0 Å². The minimum atomic E-state index is -4.79. The van der Waals surface area contributed by atoms with Crippen molar-refractivity contribution < 1.29 is 31.9 Å². The van der Waals surface area contributed by atoms with E-state index in [1.54, 1.807) is 28.8 Å². The van der Waals surface area contributed by atoms with Crippen LogP contribution in [-0.4, -0.2) is 58.0 Å². The standard InChI is InChI=1S/C28H33F3N4O4/c1-18(25-8-7-19(2)37-25)9-10-34-13-22-23(14-34)24(22)15-35(27(36)38-26-16-33(3)17-32-26)12-20-5-4-6-21(11-20)39-28(29,30)31/h4-8,11,16-18,22-24H,9-10,12-15H2,1-3H3. The number of furan rings is 1. The van der Waals surface area contributed by atoms with Crippen molar-refractivity contribution in [3.05, 3.63) is 66.0 Å². The number of aryl methyl sites for hydroxylation is 2. The number of hydrogen-bond donors (Lipinski definition) is 0. The van der Waals surface area contributed by atoms with E-state index in [1.807, 2.05) is 19.1 Å². The summed E-state index contributed by atoms with van der Waals surface area (Å²) in [5, 5.41) is 0. The van der Waals surface area contributed by atoms with Crippen LogP contribution in [0.3, 0.4) is 0 Å². The van der Waals surface area contributed by atoms with Crippen LogP contribution in [-0.2, 0) is 13.6 Å². The Morgan fingerprint density at radius 1 is 1.23 bits per heavy atom. The van der Waals surface area contributed by atoms with Crippen LogP contribution in [0.1, 0.15) is 36.3 Å². The second-order valence-corrected chi connectivity index (χ2v) is 10.7. The second-order valence-electron chi connectivity index (χ2n) is 10.7. The number of hydrogen-bond acceptors (Lipinski definition) is 6. The molecular formula is C28H33F3N4O4. The lowest BCUT2D eigenvalue weighted by Crippen LogP contribution is -2.37. The maximum absolute atomic E-state index is 13.1. The Balaban J connectivity index is 1.19. The number of likely N-dealkylation sites (tertiary alicyclic amines) is 1. The van der Waals surface area contributed by atoms with E-state index in [1.165, 1.54) is 24.5 Å². The van der Waals surface area contributed by atoms with E-state index in [2.05, 4.69) is 21.5 Å². The van der Waals surface area contributed by atoms with Gasteiger partial charge in [-0.05, 0) is 67.5 Å². The first-order chi connectivity index (χ1) is 18.5. The molecule has 1 amide bonds. The van der Waals surface area contributed by atoms with Crippen LogP contribution in [0.15, 0.2) is 53.3 Å². The first kappa shape index (κ1) is 27.1. The topological polar surface area (TPSA) is 73.0 Å². The van der Waals surface area contributed by atoms with Crippen LogP contribution in [0, 0.1) is 24.7 Å². The third-order valence-corrected chi connectivity index (χ3v) is 7.64. The molecule has 2 aliphatic rings. The van der Waals surface area contributed by atoms with Crippen LogP contribution in [0.4, 0.5) is 18.0 Å². The average Bonchev–Trinajstić information content (AvgIpc) is 3.30. The van der Waals surface area contributed by atoms with Gasteiger partial charge in [0.15, 0.2) is 0 Å². The molecule has 1 aliphatic carbocycles. The Labute approximate surface area is 225 Å². The van der Waals surface area contributed by atoms with Crippen LogP contribution in [0.25, 0.3) is 0 Å². The molecule has 3 atom stereocenters. The van der Waals surface area contributed by atoms with E-state index in [0.717, 1.165) is 37.6 Å². The fraction of sp³-hybridized carbons (Fsp3) is 0.500. The maximum Gasteiger partial charge on any atom is 0.573 e. The van der Waals surface area contributed by atoms with Gasteiger partial charge in [0, 0.05) is 39.1 Å². The largest absolute Gasteiger partial charge is 0.573 e. The zero-order valence-electron chi connectivity index (χ0n) is 22.2.